The molecule has 3 aromatic rings. The third-order valence-corrected chi connectivity index (χ3v) is 6.45. The van der Waals surface area contributed by atoms with Crippen LogP contribution in [0.25, 0.3) is 0 Å². The molecule has 0 saturated heterocycles. The molecule has 0 bridgehead atoms. The summed E-state index contributed by atoms with van der Waals surface area (Å²) in [4.78, 5) is 10.2. The van der Waals surface area contributed by atoms with Gasteiger partial charge in [-0.2, -0.15) is 0 Å². The van der Waals surface area contributed by atoms with Crippen molar-refractivity contribution in [1.82, 2.24) is 0 Å². The Bertz CT molecular complexity index is 1070. The summed E-state index contributed by atoms with van der Waals surface area (Å²) in [5.74, 6) is -0.630. The number of aromatic hydroxyl groups is 2. The van der Waals surface area contributed by atoms with Gasteiger partial charge in [-0.1, -0.05) is 80.6 Å². The van der Waals surface area contributed by atoms with E-state index in [2.05, 4.69) is 24.3 Å². The lowest BCUT2D eigenvalue weighted by Crippen LogP contribution is -2.02. The highest BCUT2D eigenvalue weighted by Crippen LogP contribution is 2.48. The van der Waals surface area contributed by atoms with Crippen LogP contribution in [0.4, 0.5) is 0 Å². The van der Waals surface area contributed by atoms with E-state index in [-0.39, 0.29) is 23.0 Å². The molecule has 3 rings (SSSR count). The first-order valence-corrected chi connectivity index (χ1v) is 13.3. The van der Waals surface area contributed by atoms with Gasteiger partial charge in [-0.05, 0) is 55.0 Å². The normalized spacial score (nSPS) is 12.7. The first-order valence-electron chi connectivity index (χ1n) is 11.8. The summed E-state index contributed by atoms with van der Waals surface area (Å²) in [6.07, 6.45) is 9.96. The third-order valence-electron chi connectivity index (χ3n) is 5.60. The Morgan fingerprint density at radius 3 is 1.97 bits per heavy atom. The summed E-state index contributed by atoms with van der Waals surface area (Å²) in [5, 5.41) is 19.3. The van der Waals surface area contributed by atoms with Gasteiger partial charge in [0.25, 0.3) is 0 Å². The van der Waals surface area contributed by atoms with Crippen LogP contribution in [0.2, 0.25) is 0 Å². The van der Waals surface area contributed by atoms with Gasteiger partial charge in [0.05, 0.1) is 0 Å². The van der Waals surface area contributed by atoms with E-state index in [4.69, 9.17) is 9.05 Å². The number of aryl methyl sites for hydroxylation is 2. The number of para-hydroxylation sites is 1. The second-order valence-corrected chi connectivity index (χ2v) is 9.67. The molecule has 0 spiro atoms. The molecular formula is C27H33O6P. The van der Waals surface area contributed by atoms with Gasteiger partial charge in [0.2, 0.25) is 0 Å². The van der Waals surface area contributed by atoms with Gasteiger partial charge in [0.1, 0.15) is 11.5 Å². The van der Waals surface area contributed by atoms with E-state index >= 15 is 0 Å². The molecule has 3 aromatic carbocycles. The number of benzene rings is 3. The van der Waals surface area contributed by atoms with E-state index in [0.29, 0.717) is 0 Å². The van der Waals surface area contributed by atoms with Crippen LogP contribution in [-0.2, 0) is 17.4 Å². The predicted octanol–water partition coefficient (Wildman–Crippen LogP) is 7.17. The number of unbranched alkanes of at least 4 members (excludes halogenated alkanes) is 6. The fraction of sp³-hybridized carbons (Fsp3) is 0.333. The van der Waals surface area contributed by atoms with Crippen molar-refractivity contribution in [3.05, 3.63) is 83.9 Å². The molecule has 6 nitrogen and oxygen atoms in total. The highest BCUT2D eigenvalue weighted by molar-refractivity contribution is 7.48. The van der Waals surface area contributed by atoms with Gasteiger partial charge in [-0.15, -0.1) is 0 Å². The van der Waals surface area contributed by atoms with Gasteiger partial charge >= 0.3 is 7.82 Å². The first-order chi connectivity index (χ1) is 16.4. The summed E-state index contributed by atoms with van der Waals surface area (Å²) in [6, 6.07) is 21.1. The molecule has 0 aromatic heterocycles. The Balaban J connectivity index is 1.38. The molecule has 182 valence electrons. The van der Waals surface area contributed by atoms with E-state index in [0.717, 1.165) is 43.7 Å². The van der Waals surface area contributed by atoms with Crippen LogP contribution in [0.3, 0.4) is 0 Å². The number of phosphoric ester groups is 1. The smallest absolute Gasteiger partial charge is 0.508 e. The molecule has 0 aliphatic carbocycles. The summed E-state index contributed by atoms with van der Waals surface area (Å²) in [5.41, 5.74) is 2.23. The molecule has 34 heavy (non-hydrogen) atoms. The fourth-order valence-electron chi connectivity index (χ4n) is 3.82. The molecule has 0 radical (unpaired) electrons. The SMILES string of the molecule is O=P(O)(Oc1cc(O)ccc1O)Oc1ccccc1CCCCCCCCCc1ccccc1. The Hall–Kier alpha value is -2.95. The van der Waals surface area contributed by atoms with Crippen molar-refractivity contribution in [2.24, 2.45) is 0 Å². The number of phenols is 2. The minimum Gasteiger partial charge on any atom is -0.508 e. The van der Waals surface area contributed by atoms with Crippen LogP contribution < -0.4 is 9.05 Å². The topological polar surface area (TPSA) is 96.2 Å². The maximum Gasteiger partial charge on any atom is 0.585 e. The molecule has 0 heterocycles. The van der Waals surface area contributed by atoms with Crippen molar-refractivity contribution in [3.8, 4) is 23.0 Å². The van der Waals surface area contributed by atoms with Gasteiger partial charge in [-0.3, -0.25) is 4.89 Å². The highest BCUT2D eigenvalue weighted by atomic mass is 31.2. The zero-order valence-electron chi connectivity index (χ0n) is 19.3. The van der Waals surface area contributed by atoms with Crippen molar-refractivity contribution < 1.29 is 28.7 Å². The maximum atomic E-state index is 12.5. The van der Waals surface area contributed by atoms with Crippen molar-refractivity contribution in [2.75, 3.05) is 0 Å². The van der Waals surface area contributed by atoms with Crippen molar-refractivity contribution in [1.29, 1.82) is 0 Å². The van der Waals surface area contributed by atoms with E-state index in [1.54, 1.807) is 12.1 Å². The monoisotopic (exact) mass is 484 g/mol. The van der Waals surface area contributed by atoms with Crippen molar-refractivity contribution in [3.63, 3.8) is 0 Å². The molecule has 0 aliphatic rings. The Morgan fingerprint density at radius 2 is 1.24 bits per heavy atom. The first kappa shape index (κ1) is 25.7. The highest BCUT2D eigenvalue weighted by Gasteiger charge is 2.27. The second-order valence-electron chi connectivity index (χ2n) is 8.37. The maximum absolute atomic E-state index is 12.5. The molecule has 7 heteroatoms. The van der Waals surface area contributed by atoms with Crippen LogP contribution in [0.5, 0.6) is 23.0 Å². The molecular weight excluding hydrogens is 451 g/mol. The lowest BCUT2D eigenvalue weighted by molar-refractivity contribution is 0.283. The van der Waals surface area contributed by atoms with Crippen LogP contribution in [0.1, 0.15) is 56.1 Å². The number of hydrogen-bond donors (Lipinski definition) is 3. The lowest BCUT2D eigenvalue weighted by Gasteiger charge is -2.17. The Kier molecular flexibility index (Phi) is 9.87. The van der Waals surface area contributed by atoms with Gasteiger partial charge in [0.15, 0.2) is 11.5 Å². The molecule has 3 N–H and O–H groups in total. The van der Waals surface area contributed by atoms with Crippen molar-refractivity contribution in [2.45, 2.75) is 57.8 Å². The minimum absolute atomic E-state index is 0.204. The third kappa shape index (κ3) is 8.77. The van der Waals surface area contributed by atoms with E-state index in [1.165, 1.54) is 43.4 Å². The van der Waals surface area contributed by atoms with Crippen LogP contribution in [0.15, 0.2) is 72.8 Å². The summed E-state index contributed by atoms with van der Waals surface area (Å²) in [6.45, 7) is 0. The fourth-order valence-corrected chi connectivity index (χ4v) is 4.67. The largest absolute Gasteiger partial charge is 0.585 e. The molecule has 0 saturated carbocycles. The van der Waals surface area contributed by atoms with Crippen LogP contribution in [0, 0.1) is 0 Å². The average Bonchev–Trinajstić information content (AvgIpc) is 2.81. The Labute approximate surface area is 201 Å². The van der Waals surface area contributed by atoms with E-state index in [1.807, 2.05) is 18.2 Å². The lowest BCUT2D eigenvalue weighted by atomic mass is 10.0. The summed E-state index contributed by atoms with van der Waals surface area (Å²) >= 11 is 0. The standard InChI is InChI=1S/C27H33O6P/c28-24-19-20-25(29)27(21-24)33-34(30,31)32-26-18-12-11-17-23(26)16-10-5-3-1-2-4-7-13-22-14-8-6-9-15-22/h6,8-9,11-12,14-15,17-21,28-29H,1-5,7,10,13,16H2,(H,30,31). The van der Waals surface area contributed by atoms with Crippen LogP contribution >= 0.6 is 7.82 Å². The van der Waals surface area contributed by atoms with Crippen molar-refractivity contribution >= 4 is 7.82 Å². The molecule has 1 atom stereocenters. The minimum atomic E-state index is -4.56. The number of phosphoric acid groups is 1. The quantitative estimate of drug-likeness (QED) is 0.127. The van der Waals surface area contributed by atoms with Gasteiger partial charge in [0, 0.05) is 6.07 Å². The molecule has 0 fully saturated rings. The zero-order valence-corrected chi connectivity index (χ0v) is 20.2. The molecule has 0 aliphatic heterocycles. The van der Waals surface area contributed by atoms with Gasteiger partial charge < -0.3 is 19.3 Å². The molecule has 0 amide bonds. The Morgan fingerprint density at radius 1 is 0.647 bits per heavy atom. The second kappa shape index (κ2) is 13.1. The summed E-state index contributed by atoms with van der Waals surface area (Å²) < 4.78 is 22.7. The summed E-state index contributed by atoms with van der Waals surface area (Å²) in [7, 11) is -4.56. The molecule has 1 unspecified atom stereocenters. The van der Waals surface area contributed by atoms with Gasteiger partial charge in [-0.25, -0.2) is 4.57 Å². The average molecular weight is 485 g/mol. The number of hydrogen-bond acceptors (Lipinski definition) is 5. The zero-order chi connectivity index (χ0) is 24.2. The number of phenolic OH excluding ortho intramolecular Hbond substituents is 2. The van der Waals surface area contributed by atoms with Crippen LogP contribution in [-0.4, -0.2) is 15.1 Å². The predicted molar refractivity (Wildman–Crippen MR) is 133 cm³/mol. The van der Waals surface area contributed by atoms with E-state index in [9.17, 15) is 19.7 Å². The van der Waals surface area contributed by atoms with E-state index < -0.39 is 7.82 Å². The number of rotatable bonds is 14.